The summed E-state index contributed by atoms with van der Waals surface area (Å²) in [4.78, 5) is 10.9. The Morgan fingerprint density at radius 1 is 1.83 bits per heavy atom. The highest BCUT2D eigenvalue weighted by atomic mass is 16.1. The number of nitrogens with two attached hydrogens (primary N) is 1. The standard InChI is InChI=1S/C7H12N4O/c1-9-6(7(8)12)5-3-10-11(2)4-5/h3-4,6,9H,1-2H3,(H2,8,12). The lowest BCUT2D eigenvalue weighted by Crippen LogP contribution is -2.30. The zero-order chi connectivity index (χ0) is 9.14. The van der Waals surface area contributed by atoms with Crippen molar-refractivity contribution in [2.24, 2.45) is 12.8 Å². The van der Waals surface area contributed by atoms with E-state index in [1.165, 1.54) is 0 Å². The van der Waals surface area contributed by atoms with E-state index in [1.807, 2.05) is 0 Å². The van der Waals surface area contributed by atoms with Crippen LogP contribution < -0.4 is 11.1 Å². The van der Waals surface area contributed by atoms with Crippen molar-refractivity contribution in [3.05, 3.63) is 18.0 Å². The monoisotopic (exact) mass is 168 g/mol. The van der Waals surface area contributed by atoms with Gasteiger partial charge in [0.2, 0.25) is 5.91 Å². The fraction of sp³-hybridized carbons (Fsp3) is 0.429. The van der Waals surface area contributed by atoms with Gasteiger partial charge in [0.05, 0.1) is 6.20 Å². The van der Waals surface area contributed by atoms with Crippen LogP contribution in [0.25, 0.3) is 0 Å². The Morgan fingerprint density at radius 2 is 2.50 bits per heavy atom. The summed E-state index contributed by atoms with van der Waals surface area (Å²) >= 11 is 0. The van der Waals surface area contributed by atoms with Gasteiger partial charge in [-0.25, -0.2) is 0 Å². The molecule has 0 aliphatic heterocycles. The third-order valence-corrected chi connectivity index (χ3v) is 1.63. The molecule has 66 valence electrons. The fourth-order valence-electron chi connectivity index (χ4n) is 1.06. The summed E-state index contributed by atoms with van der Waals surface area (Å²) in [7, 11) is 3.47. The number of rotatable bonds is 3. The van der Waals surface area contributed by atoms with Gasteiger partial charge in [-0.15, -0.1) is 0 Å². The van der Waals surface area contributed by atoms with Gasteiger partial charge < -0.3 is 11.1 Å². The SMILES string of the molecule is CNC(C(N)=O)c1cnn(C)c1. The van der Waals surface area contributed by atoms with Gasteiger partial charge in [0, 0.05) is 18.8 Å². The van der Waals surface area contributed by atoms with Crippen LogP contribution in [-0.4, -0.2) is 22.7 Å². The summed E-state index contributed by atoms with van der Waals surface area (Å²) in [5.41, 5.74) is 5.93. The number of nitrogens with one attached hydrogen (secondary N) is 1. The first-order chi connectivity index (χ1) is 5.65. The average Bonchev–Trinajstić information content (AvgIpc) is 2.37. The Balaban J connectivity index is 2.87. The van der Waals surface area contributed by atoms with Gasteiger partial charge in [0.15, 0.2) is 0 Å². The second-order valence-electron chi connectivity index (χ2n) is 2.57. The van der Waals surface area contributed by atoms with E-state index in [2.05, 4.69) is 10.4 Å². The molecule has 0 radical (unpaired) electrons. The summed E-state index contributed by atoms with van der Waals surface area (Å²) in [6, 6.07) is -0.446. The van der Waals surface area contributed by atoms with E-state index in [9.17, 15) is 4.79 Å². The van der Waals surface area contributed by atoms with E-state index in [0.717, 1.165) is 5.56 Å². The molecular formula is C7H12N4O. The van der Waals surface area contributed by atoms with Crippen LogP contribution in [0.15, 0.2) is 12.4 Å². The number of nitrogens with zero attached hydrogens (tertiary/aromatic N) is 2. The first-order valence-electron chi connectivity index (χ1n) is 3.60. The van der Waals surface area contributed by atoms with Crippen molar-refractivity contribution >= 4 is 5.91 Å². The second-order valence-corrected chi connectivity index (χ2v) is 2.57. The van der Waals surface area contributed by atoms with Crippen molar-refractivity contribution in [3.8, 4) is 0 Å². The van der Waals surface area contributed by atoms with Gasteiger partial charge >= 0.3 is 0 Å². The normalized spacial score (nSPS) is 12.8. The van der Waals surface area contributed by atoms with Crippen LogP contribution in [-0.2, 0) is 11.8 Å². The molecule has 5 nitrogen and oxygen atoms in total. The Labute approximate surface area is 70.5 Å². The molecule has 0 aliphatic rings. The van der Waals surface area contributed by atoms with Gasteiger partial charge in [-0.1, -0.05) is 0 Å². The largest absolute Gasteiger partial charge is 0.368 e. The van der Waals surface area contributed by atoms with E-state index in [1.54, 1.807) is 31.2 Å². The van der Waals surface area contributed by atoms with E-state index in [4.69, 9.17) is 5.73 Å². The zero-order valence-electron chi connectivity index (χ0n) is 7.11. The molecule has 1 atom stereocenters. The lowest BCUT2D eigenvalue weighted by atomic mass is 10.1. The molecule has 0 aromatic carbocycles. The lowest BCUT2D eigenvalue weighted by molar-refractivity contribution is -0.120. The molecule has 0 fully saturated rings. The minimum absolute atomic E-state index is 0.398. The number of primary amides is 1. The number of likely N-dealkylation sites (N-methyl/N-ethyl adjacent to an activating group) is 1. The number of aromatic nitrogens is 2. The highest BCUT2D eigenvalue weighted by molar-refractivity contribution is 5.81. The van der Waals surface area contributed by atoms with Crippen LogP contribution >= 0.6 is 0 Å². The zero-order valence-corrected chi connectivity index (χ0v) is 7.11. The lowest BCUT2D eigenvalue weighted by Gasteiger charge is -2.08. The molecule has 1 unspecified atom stereocenters. The maximum absolute atomic E-state index is 10.9. The maximum atomic E-state index is 10.9. The van der Waals surface area contributed by atoms with Gasteiger partial charge in [-0.05, 0) is 7.05 Å². The number of carbonyl (C=O) groups excluding carboxylic acids is 1. The molecule has 0 saturated carbocycles. The summed E-state index contributed by atoms with van der Waals surface area (Å²) in [6.07, 6.45) is 3.37. The Morgan fingerprint density at radius 3 is 2.83 bits per heavy atom. The van der Waals surface area contributed by atoms with E-state index < -0.39 is 11.9 Å². The molecule has 1 rings (SSSR count). The minimum atomic E-state index is -0.446. The predicted octanol–water partition coefficient (Wildman–Crippen LogP) is -0.834. The van der Waals surface area contributed by atoms with Crippen molar-refractivity contribution < 1.29 is 4.79 Å². The first kappa shape index (κ1) is 8.73. The Bertz CT molecular complexity index is 281. The molecule has 0 spiro atoms. The first-order valence-corrected chi connectivity index (χ1v) is 3.60. The molecule has 1 heterocycles. The summed E-state index contributed by atoms with van der Waals surface area (Å²) in [5, 5.41) is 6.74. The van der Waals surface area contributed by atoms with Crippen molar-refractivity contribution in [1.29, 1.82) is 0 Å². The Hall–Kier alpha value is -1.36. The fourth-order valence-corrected chi connectivity index (χ4v) is 1.06. The maximum Gasteiger partial charge on any atom is 0.239 e. The molecule has 5 heteroatoms. The highest BCUT2D eigenvalue weighted by Gasteiger charge is 2.16. The van der Waals surface area contributed by atoms with Crippen LogP contribution in [0.3, 0.4) is 0 Å². The number of hydrogen-bond acceptors (Lipinski definition) is 3. The molecular weight excluding hydrogens is 156 g/mol. The predicted molar refractivity (Wildman–Crippen MR) is 44.2 cm³/mol. The highest BCUT2D eigenvalue weighted by Crippen LogP contribution is 2.09. The molecule has 1 aromatic rings. The summed E-state index contributed by atoms with van der Waals surface area (Å²) < 4.78 is 1.63. The van der Waals surface area contributed by atoms with Gasteiger partial charge in [-0.3, -0.25) is 9.48 Å². The van der Waals surface area contributed by atoms with Gasteiger partial charge in [0.1, 0.15) is 6.04 Å². The Kier molecular flexibility index (Phi) is 2.44. The summed E-state index contributed by atoms with van der Waals surface area (Å²) in [5.74, 6) is -0.398. The minimum Gasteiger partial charge on any atom is -0.368 e. The van der Waals surface area contributed by atoms with Crippen LogP contribution in [0.5, 0.6) is 0 Å². The topological polar surface area (TPSA) is 72.9 Å². The molecule has 0 aliphatic carbocycles. The second kappa shape index (κ2) is 3.36. The van der Waals surface area contributed by atoms with E-state index in [0.29, 0.717) is 0 Å². The van der Waals surface area contributed by atoms with Crippen molar-refractivity contribution in [2.75, 3.05) is 7.05 Å². The number of hydrogen-bond donors (Lipinski definition) is 2. The van der Waals surface area contributed by atoms with Crippen molar-refractivity contribution in [3.63, 3.8) is 0 Å². The molecule has 1 aromatic heterocycles. The number of amides is 1. The number of carbonyl (C=O) groups is 1. The van der Waals surface area contributed by atoms with E-state index >= 15 is 0 Å². The average molecular weight is 168 g/mol. The van der Waals surface area contributed by atoms with E-state index in [-0.39, 0.29) is 0 Å². The molecule has 0 bridgehead atoms. The van der Waals surface area contributed by atoms with Crippen molar-refractivity contribution in [2.45, 2.75) is 6.04 Å². The van der Waals surface area contributed by atoms with Crippen LogP contribution in [0.2, 0.25) is 0 Å². The third kappa shape index (κ3) is 1.62. The van der Waals surface area contributed by atoms with Crippen LogP contribution in [0, 0.1) is 0 Å². The molecule has 3 N–H and O–H groups in total. The quantitative estimate of drug-likeness (QED) is 0.618. The van der Waals surface area contributed by atoms with Crippen LogP contribution in [0.4, 0.5) is 0 Å². The van der Waals surface area contributed by atoms with Crippen LogP contribution in [0.1, 0.15) is 11.6 Å². The molecule has 0 saturated heterocycles. The van der Waals surface area contributed by atoms with Gasteiger partial charge in [0.25, 0.3) is 0 Å². The molecule has 1 amide bonds. The summed E-state index contributed by atoms with van der Waals surface area (Å²) in [6.45, 7) is 0. The third-order valence-electron chi connectivity index (χ3n) is 1.63. The molecule has 12 heavy (non-hydrogen) atoms. The smallest absolute Gasteiger partial charge is 0.239 e. The number of aryl methyl sites for hydroxylation is 1. The van der Waals surface area contributed by atoms with Crippen molar-refractivity contribution in [1.82, 2.24) is 15.1 Å². The van der Waals surface area contributed by atoms with Gasteiger partial charge in [-0.2, -0.15) is 5.10 Å².